The Labute approximate surface area is 146 Å². The van der Waals surface area contributed by atoms with Gasteiger partial charge in [0.1, 0.15) is 11.9 Å². The van der Waals surface area contributed by atoms with Crippen LogP contribution in [0.1, 0.15) is 24.0 Å². The lowest BCUT2D eigenvalue weighted by atomic mass is 10.1. The summed E-state index contributed by atoms with van der Waals surface area (Å²) in [5, 5.41) is 3.36. The van der Waals surface area contributed by atoms with Crippen LogP contribution in [-0.2, 0) is 17.6 Å². The van der Waals surface area contributed by atoms with Crippen molar-refractivity contribution in [1.29, 1.82) is 0 Å². The first-order chi connectivity index (χ1) is 11.8. The van der Waals surface area contributed by atoms with Crippen LogP contribution in [0.25, 0.3) is 0 Å². The zero-order chi connectivity index (χ0) is 16.8. The maximum absolute atomic E-state index is 12.7. The molecule has 3 rings (SSSR count). The predicted octanol–water partition coefficient (Wildman–Crippen LogP) is 1.61. The number of rotatable bonds is 6. The van der Waals surface area contributed by atoms with Crippen molar-refractivity contribution in [2.75, 3.05) is 25.4 Å². The molecule has 1 saturated heterocycles. The van der Waals surface area contributed by atoms with Crippen LogP contribution >= 0.6 is 11.8 Å². The Morgan fingerprint density at radius 2 is 2.29 bits per heavy atom. The van der Waals surface area contributed by atoms with Gasteiger partial charge in [0, 0.05) is 63.2 Å². The normalized spacial score (nSPS) is 17.9. The molecule has 1 fully saturated rings. The number of amides is 1. The number of imidazole rings is 1. The fourth-order valence-corrected chi connectivity index (χ4v) is 3.74. The lowest BCUT2D eigenvalue weighted by Gasteiger charge is -2.35. The van der Waals surface area contributed by atoms with E-state index in [2.05, 4.69) is 15.3 Å². The molecule has 2 aromatic rings. The number of carbonyl (C=O) groups is 1. The van der Waals surface area contributed by atoms with Crippen LogP contribution in [0, 0.1) is 0 Å². The minimum absolute atomic E-state index is 0.0204. The molecule has 3 heterocycles. The molecule has 1 aliphatic heterocycles. The highest BCUT2D eigenvalue weighted by atomic mass is 32.2. The number of hydrogen-bond acceptors (Lipinski definition) is 5. The summed E-state index contributed by atoms with van der Waals surface area (Å²) < 4.78 is 1.99. The SMILES string of the molecule is Cn1ccnc1C1CNCCN1C(=O)CCSCc1ccccn1. The van der Waals surface area contributed by atoms with Crippen molar-refractivity contribution in [3.05, 3.63) is 48.3 Å². The van der Waals surface area contributed by atoms with E-state index in [0.29, 0.717) is 6.42 Å². The summed E-state index contributed by atoms with van der Waals surface area (Å²) in [6.07, 6.45) is 6.07. The van der Waals surface area contributed by atoms with Gasteiger partial charge in [-0.05, 0) is 12.1 Å². The molecule has 1 unspecified atom stereocenters. The fourth-order valence-electron chi connectivity index (χ4n) is 2.90. The van der Waals surface area contributed by atoms with Gasteiger partial charge in [-0.1, -0.05) is 6.07 Å². The van der Waals surface area contributed by atoms with Gasteiger partial charge in [0.25, 0.3) is 0 Å². The summed E-state index contributed by atoms with van der Waals surface area (Å²) in [5.74, 6) is 2.81. The van der Waals surface area contributed by atoms with E-state index >= 15 is 0 Å². The average Bonchev–Trinajstić information content (AvgIpc) is 3.05. The summed E-state index contributed by atoms with van der Waals surface area (Å²) in [5.41, 5.74) is 1.06. The molecular formula is C17H23N5OS. The molecule has 6 nitrogen and oxygen atoms in total. The van der Waals surface area contributed by atoms with Crippen molar-refractivity contribution in [3.8, 4) is 0 Å². The molecule has 1 aliphatic rings. The summed E-state index contributed by atoms with van der Waals surface area (Å²) in [7, 11) is 1.97. The lowest BCUT2D eigenvalue weighted by Crippen LogP contribution is -2.49. The molecule has 0 aliphatic carbocycles. The molecule has 1 N–H and O–H groups in total. The number of nitrogens with one attached hydrogen (secondary N) is 1. The number of hydrogen-bond donors (Lipinski definition) is 1. The lowest BCUT2D eigenvalue weighted by molar-refractivity contribution is -0.134. The number of carbonyl (C=O) groups excluding carboxylic acids is 1. The van der Waals surface area contributed by atoms with Crippen LogP contribution in [-0.4, -0.2) is 50.7 Å². The van der Waals surface area contributed by atoms with Crippen LogP contribution in [0.2, 0.25) is 0 Å². The van der Waals surface area contributed by atoms with Gasteiger partial charge in [0.2, 0.25) is 5.91 Å². The molecule has 0 aromatic carbocycles. The standard InChI is InChI=1S/C17H23N5OS/c1-21-9-8-20-17(21)15-12-18-7-10-22(15)16(23)5-11-24-13-14-4-2-3-6-19-14/h2-4,6,8-9,15,18H,5,7,10-13H2,1H3. The Hall–Kier alpha value is -1.86. The molecule has 0 saturated carbocycles. The van der Waals surface area contributed by atoms with Gasteiger partial charge in [0.05, 0.1) is 5.69 Å². The Morgan fingerprint density at radius 1 is 1.38 bits per heavy atom. The van der Waals surface area contributed by atoms with Crippen molar-refractivity contribution >= 4 is 17.7 Å². The third-order valence-corrected chi connectivity index (χ3v) is 5.15. The number of aromatic nitrogens is 3. The number of piperazine rings is 1. The average molecular weight is 345 g/mol. The largest absolute Gasteiger partial charge is 0.336 e. The molecule has 24 heavy (non-hydrogen) atoms. The monoisotopic (exact) mass is 345 g/mol. The summed E-state index contributed by atoms with van der Waals surface area (Å²) in [4.78, 5) is 23.4. The number of thioether (sulfide) groups is 1. The molecule has 1 atom stereocenters. The maximum Gasteiger partial charge on any atom is 0.224 e. The smallest absolute Gasteiger partial charge is 0.224 e. The minimum atomic E-state index is 0.0204. The molecule has 0 spiro atoms. The first-order valence-electron chi connectivity index (χ1n) is 8.21. The van der Waals surface area contributed by atoms with Crippen LogP contribution in [0.15, 0.2) is 36.8 Å². The molecule has 128 valence electrons. The molecule has 0 bridgehead atoms. The van der Waals surface area contributed by atoms with E-state index in [9.17, 15) is 4.79 Å². The molecule has 2 aromatic heterocycles. The van der Waals surface area contributed by atoms with Gasteiger partial charge in [-0.25, -0.2) is 4.98 Å². The van der Waals surface area contributed by atoms with Crippen LogP contribution in [0.4, 0.5) is 0 Å². The van der Waals surface area contributed by atoms with Crippen LogP contribution in [0.3, 0.4) is 0 Å². The summed E-state index contributed by atoms with van der Waals surface area (Å²) in [6.45, 7) is 2.34. The van der Waals surface area contributed by atoms with Crippen molar-refractivity contribution in [2.45, 2.75) is 18.2 Å². The van der Waals surface area contributed by atoms with E-state index in [1.807, 2.05) is 40.9 Å². The zero-order valence-electron chi connectivity index (χ0n) is 13.9. The minimum Gasteiger partial charge on any atom is -0.336 e. The van der Waals surface area contributed by atoms with Gasteiger partial charge < -0.3 is 14.8 Å². The molecule has 0 radical (unpaired) electrons. The van der Waals surface area contributed by atoms with Crippen LogP contribution < -0.4 is 5.32 Å². The quantitative estimate of drug-likeness (QED) is 0.806. The summed E-state index contributed by atoms with van der Waals surface area (Å²) >= 11 is 1.75. The Bertz CT molecular complexity index is 660. The van der Waals surface area contributed by atoms with Crippen molar-refractivity contribution in [3.63, 3.8) is 0 Å². The van der Waals surface area contributed by atoms with Gasteiger partial charge in [-0.2, -0.15) is 11.8 Å². The van der Waals surface area contributed by atoms with Gasteiger partial charge in [-0.15, -0.1) is 0 Å². The second-order valence-electron chi connectivity index (χ2n) is 5.83. The van der Waals surface area contributed by atoms with E-state index in [1.54, 1.807) is 24.2 Å². The van der Waals surface area contributed by atoms with Gasteiger partial charge in [-0.3, -0.25) is 9.78 Å². The highest BCUT2D eigenvalue weighted by Crippen LogP contribution is 2.22. The fraction of sp³-hybridized carbons (Fsp3) is 0.471. The first kappa shape index (κ1) is 17.0. The Morgan fingerprint density at radius 3 is 3.04 bits per heavy atom. The number of aryl methyl sites for hydroxylation is 1. The number of nitrogens with zero attached hydrogens (tertiary/aromatic N) is 4. The Kier molecular flexibility index (Phi) is 5.87. The molecular weight excluding hydrogens is 322 g/mol. The van der Waals surface area contributed by atoms with Crippen molar-refractivity contribution < 1.29 is 4.79 Å². The third-order valence-electron chi connectivity index (χ3n) is 4.16. The van der Waals surface area contributed by atoms with E-state index in [4.69, 9.17) is 0 Å². The van der Waals surface area contributed by atoms with Crippen molar-refractivity contribution in [1.82, 2.24) is 24.8 Å². The predicted molar refractivity (Wildman–Crippen MR) is 95.5 cm³/mol. The van der Waals surface area contributed by atoms with E-state index in [1.165, 1.54) is 0 Å². The van der Waals surface area contributed by atoms with Gasteiger partial charge in [0.15, 0.2) is 0 Å². The summed E-state index contributed by atoms with van der Waals surface area (Å²) in [6, 6.07) is 5.95. The van der Waals surface area contributed by atoms with E-state index in [-0.39, 0.29) is 11.9 Å². The van der Waals surface area contributed by atoms with E-state index < -0.39 is 0 Å². The maximum atomic E-state index is 12.7. The highest BCUT2D eigenvalue weighted by molar-refractivity contribution is 7.98. The number of pyridine rings is 1. The Balaban J connectivity index is 1.52. The third kappa shape index (κ3) is 4.15. The van der Waals surface area contributed by atoms with E-state index in [0.717, 1.165) is 42.7 Å². The zero-order valence-corrected chi connectivity index (χ0v) is 14.7. The highest BCUT2D eigenvalue weighted by Gasteiger charge is 2.29. The second kappa shape index (κ2) is 8.30. The molecule has 1 amide bonds. The first-order valence-corrected chi connectivity index (χ1v) is 9.36. The van der Waals surface area contributed by atoms with Gasteiger partial charge >= 0.3 is 0 Å². The second-order valence-corrected chi connectivity index (χ2v) is 6.93. The molecule has 7 heteroatoms. The topological polar surface area (TPSA) is 63.1 Å². The van der Waals surface area contributed by atoms with Crippen molar-refractivity contribution in [2.24, 2.45) is 7.05 Å². The van der Waals surface area contributed by atoms with Crippen LogP contribution in [0.5, 0.6) is 0 Å².